The Hall–Kier alpha value is -0.610. The van der Waals surface area contributed by atoms with E-state index >= 15 is 0 Å². The summed E-state index contributed by atoms with van der Waals surface area (Å²) in [6, 6.07) is 4.69. The molecule has 0 aliphatic rings. The maximum atomic E-state index is 13.4. The van der Waals surface area contributed by atoms with Gasteiger partial charge in [-0.15, -0.1) is 0 Å². The highest BCUT2D eigenvalue weighted by Crippen LogP contribution is 2.23. The van der Waals surface area contributed by atoms with Crippen LogP contribution in [-0.4, -0.2) is 13.4 Å². The van der Waals surface area contributed by atoms with Gasteiger partial charge in [0.2, 0.25) is 0 Å². The maximum Gasteiger partial charge on any atom is 0.199 e. The lowest BCUT2D eigenvalue weighted by Crippen LogP contribution is -2.18. The van der Waals surface area contributed by atoms with Crippen molar-refractivity contribution in [2.75, 3.05) is 7.11 Å². The van der Waals surface area contributed by atoms with E-state index in [4.69, 9.17) is 9.47 Å². The zero-order chi connectivity index (χ0) is 11.3. The van der Waals surface area contributed by atoms with Crippen molar-refractivity contribution in [3.8, 4) is 5.75 Å². The van der Waals surface area contributed by atoms with Crippen LogP contribution in [0.3, 0.4) is 0 Å². The first-order valence-corrected chi connectivity index (χ1v) is 5.61. The van der Waals surface area contributed by atoms with E-state index in [9.17, 15) is 4.39 Å². The van der Waals surface area contributed by atoms with E-state index in [1.165, 1.54) is 6.07 Å². The largest absolute Gasteiger partial charge is 0.462 e. The van der Waals surface area contributed by atoms with Crippen molar-refractivity contribution in [1.82, 2.24) is 0 Å². The van der Waals surface area contributed by atoms with Gasteiger partial charge in [-0.25, -0.2) is 4.39 Å². The highest BCUT2D eigenvalue weighted by atomic mass is 79.9. The Bertz CT molecular complexity index is 317. The van der Waals surface area contributed by atoms with Crippen LogP contribution in [0.4, 0.5) is 4.39 Å². The summed E-state index contributed by atoms with van der Waals surface area (Å²) in [6.45, 7) is 2.02. The molecule has 0 N–H and O–H groups in total. The van der Waals surface area contributed by atoms with Crippen LogP contribution in [0.25, 0.3) is 0 Å². The SMILES string of the molecule is CCCC(OC)Oc1ccc(Br)cc1F. The molecular weight excluding hydrogens is 263 g/mol. The number of ether oxygens (including phenoxy) is 2. The fourth-order valence-electron chi connectivity index (χ4n) is 1.17. The summed E-state index contributed by atoms with van der Waals surface area (Å²) in [6.07, 6.45) is 1.29. The van der Waals surface area contributed by atoms with Crippen LogP contribution in [0.15, 0.2) is 22.7 Å². The summed E-state index contributed by atoms with van der Waals surface area (Å²) in [5.41, 5.74) is 0. The number of hydrogen-bond donors (Lipinski definition) is 0. The molecule has 0 saturated carbocycles. The van der Waals surface area contributed by atoms with Gasteiger partial charge < -0.3 is 9.47 Å². The zero-order valence-electron chi connectivity index (χ0n) is 8.80. The van der Waals surface area contributed by atoms with Gasteiger partial charge in [-0.05, 0) is 18.2 Å². The number of halogens is 2. The second-order valence-electron chi connectivity index (χ2n) is 3.15. The van der Waals surface area contributed by atoms with E-state index in [2.05, 4.69) is 15.9 Å². The van der Waals surface area contributed by atoms with Gasteiger partial charge in [0.05, 0.1) is 0 Å². The molecule has 0 spiro atoms. The summed E-state index contributed by atoms with van der Waals surface area (Å²) < 4.78 is 24.5. The molecule has 0 heterocycles. The van der Waals surface area contributed by atoms with E-state index in [1.807, 2.05) is 6.92 Å². The van der Waals surface area contributed by atoms with Crippen LogP contribution in [-0.2, 0) is 4.74 Å². The fraction of sp³-hybridized carbons (Fsp3) is 0.455. The van der Waals surface area contributed by atoms with E-state index in [1.54, 1.807) is 19.2 Å². The van der Waals surface area contributed by atoms with Gasteiger partial charge in [-0.3, -0.25) is 0 Å². The molecule has 4 heteroatoms. The van der Waals surface area contributed by atoms with Gasteiger partial charge in [0.25, 0.3) is 0 Å². The van der Waals surface area contributed by atoms with Gasteiger partial charge in [0.15, 0.2) is 17.9 Å². The molecule has 1 aromatic rings. The van der Waals surface area contributed by atoms with Crippen molar-refractivity contribution in [2.24, 2.45) is 0 Å². The molecular formula is C11H14BrFO2. The summed E-state index contributed by atoms with van der Waals surface area (Å²) in [4.78, 5) is 0. The Kier molecular flexibility index (Phi) is 5.05. The minimum absolute atomic E-state index is 0.221. The zero-order valence-corrected chi connectivity index (χ0v) is 10.4. The standard InChI is InChI=1S/C11H14BrFO2/c1-3-4-11(14-2)15-10-6-5-8(12)7-9(10)13/h5-7,11H,3-4H2,1-2H3. The van der Waals surface area contributed by atoms with Crippen molar-refractivity contribution >= 4 is 15.9 Å². The quantitative estimate of drug-likeness (QED) is 0.763. The predicted molar refractivity (Wildman–Crippen MR) is 60.4 cm³/mol. The van der Waals surface area contributed by atoms with E-state index in [0.717, 1.165) is 12.8 Å². The summed E-state index contributed by atoms with van der Waals surface area (Å²) in [5.74, 6) is -0.166. The van der Waals surface area contributed by atoms with Crippen molar-refractivity contribution in [3.05, 3.63) is 28.5 Å². The van der Waals surface area contributed by atoms with Crippen molar-refractivity contribution < 1.29 is 13.9 Å². The normalized spacial score (nSPS) is 12.5. The first kappa shape index (κ1) is 12.5. The first-order valence-electron chi connectivity index (χ1n) is 4.82. The van der Waals surface area contributed by atoms with Crippen LogP contribution >= 0.6 is 15.9 Å². The number of rotatable bonds is 5. The molecule has 1 atom stereocenters. The monoisotopic (exact) mass is 276 g/mol. The summed E-state index contributed by atoms with van der Waals surface area (Å²) in [7, 11) is 1.55. The van der Waals surface area contributed by atoms with Gasteiger partial charge in [-0.1, -0.05) is 29.3 Å². The molecule has 84 valence electrons. The average Bonchev–Trinajstić information content (AvgIpc) is 2.21. The number of hydrogen-bond acceptors (Lipinski definition) is 2. The summed E-state index contributed by atoms with van der Waals surface area (Å²) >= 11 is 3.18. The van der Waals surface area contributed by atoms with Gasteiger partial charge >= 0.3 is 0 Å². The lowest BCUT2D eigenvalue weighted by Gasteiger charge is -2.17. The molecule has 15 heavy (non-hydrogen) atoms. The maximum absolute atomic E-state index is 13.4. The molecule has 0 bridgehead atoms. The molecule has 0 radical (unpaired) electrons. The lowest BCUT2D eigenvalue weighted by molar-refractivity contribution is -0.0603. The van der Waals surface area contributed by atoms with Crippen LogP contribution in [0.1, 0.15) is 19.8 Å². The first-order chi connectivity index (χ1) is 7.17. The van der Waals surface area contributed by atoms with Gasteiger partial charge in [0.1, 0.15) is 0 Å². The van der Waals surface area contributed by atoms with E-state index < -0.39 is 0 Å². The molecule has 1 aromatic carbocycles. The Morgan fingerprint density at radius 2 is 2.20 bits per heavy atom. The number of benzene rings is 1. The van der Waals surface area contributed by atoms with Crippen LogP contribution in [0.5, 0.6) is 5.75 Å². The fourth-order valence-corrected chi connectivity index (χ4v) is 1.51. The van der Waals surface area contributed by atoms with Crippen molar-refractivity contribution in [2.45, 2.75) is 26.1 Å². The predicted octanol–water partition coefficient (Wildman–Crippen LogP) is 3.74. The highest BCUT2D eigenvalue weighted by molar-refractivity contribution is 9.10. The molecule has 1 rings (SSSR count). The topological polar surface area (TPSA) is 18.5 Å². The van der Waals surface area contributed by atoms with Crippen molar-refractivity contribution in [1.29, 1.82) is 0 Å². The molecule has 0 aliphatic heterocycles. The summed E-state index contributed by atoms with van der Waals surface area (Å²) in [5, 5.41) is 0. The second-order valence-corrected chi connectivity index (χ2v) is 4.06. The molecule has 0 aliphatic carbocycles. The molecule has 1 unspecified atom stereocenters. The highest BCUT2D eigenvalue weighted by Gasteiger charge is 2.11. The molecule has 2 nitrogen and oxygen atoms in total. The molecule has 0 amide bonds. The van der Waals surface area contributed by atoms with Gasteiger partial charge in [0, 0.05) is 18.0 Å². The third-order valence-electron chi connectivity index (χ3n) is 1.94. The van der Waals surface area contributed by atoms with E-state index in [-0.39, 0.29) is 17.9 Å². The average molecular weight is 277 g/mol. The van der Waals surface area contributed by atoms with Crippen LogP contribution in [0.2, 0.25) is 0 Å². The number of methoxy groups -OCH3 is 1. The van der Waals surface area contributed by atoms with Crippen LogP contribution < -0.4 is 4.74 Å². The minimum atomic E-state index is -0.387. The Balaban J connectivity index is 2.70. The second kappa shape index (κ2) is 6.08. The Morgan fingerprint density at radius 1 is 1.47 bits per heavy atom. The van der Waals surface area contributed by atoms with Crippen LogP contribution in [0, 0.1) is 5.82 Å². The smallest absolute Gasteiger partial charge is 0.199 e. The van der Waals surface area contributed by atoms with E-state index in [0.29, 0.717) is 4.47 Å². The minimum Gasteiger partial charge on any atom is -0.462 e. The molecule has 0 saturated heterocycles. The lowest BCUT2D eigenvalue weighted by atomic mass is 10.3. The molecule has 0 aromatic heterocycles. The third-order valence-corrected chi connectivity index (χ3v) is 2.43. The third kappa shape index (κ3) is 3.80. The molecule has 0 fully saturated rings. The van der Waals surface area contributed by atoms with Crippen molar-refractivity contribution in [3.63, 3.8) is 0 Å². The van der Waals surface area contributed by atoms with Gasteiger partial charge in [-0.2, -0.15) is 0 Å². The Morgan fingerprint density at radius 3 is 2.73 bits per heavy atom. The Labute approximate surface area is 97.5 Å².